The van der Waals surface area contributed by atoms with E-state index in [4.69, 9.17) is 0 Å². The molecule has 46 heavy (non-hydrogen) atoms. The maximum Gasteiger partial charge on any atom is 0.249 e. The summed E-state index contributed by atoms with van der Waals surface area (Å²) in [5, 5.41) is 43.6. The Kier molecular flexibility index (Phi) is 35.1. The first-order valence-corrected chi connectivity index (χ1v) is 20.4. The van der Waals surface area contributed by atoms with Gasteiger partial charge in [0.25, 0.3) is 0 Å². The lowest BCUT2D eigenvalue weighted by Gasteiger charge is -2.27. The highest BCUT2D eigenvalue weighted by Crippen LogP contribution is 2.17. The number of amides is 1. The largest absolute Gasteiger partial charge is 0.394 e. The molecule has 0 rings (SSSR count). The average Bonchev–Trinajstić information content (AvgIpc) is 3.06. The van der Waals surface area contributed by atoms with Crippen molar-refractivity contribution in [2.45, 2.75) is 244 Å². The van der Waals surface area contributed by atoms with Crippen molar-refractivity contribution in [3.05, 3.63) is 0 Å². The molecule has 0 aliphatic heterocycles. The van der Waals surface area contributed by atoms with Crippen LogP contribution in [0.1, 0.15) is 219 Å². The van der Waals surface area contributed by atoms with Crippen LogP contribution in [0.2, 0.25) is 0 Å². The fraction of sp³-hybridized carbons (Fsp3) is 0.975. The zero-order valence-electron chi connectivity index (χ0n) is 30.8. The first-order valence-electron chi connectivity index (χ1n) is 20.4. The maximum absolute atomic E-state index is 12.5. The van der Waals surface area contributed by atoms with E-state index in [0.29, 0.717) is 12.8 Å². The topological polar surface area (TPSA) is 110 Å². The minimum Gasteiger partial charge on any atom is -0.394 e. The van der Waals surface area contributed by atoms with Gasteiger partial charge in [-0.1, -0.05) is 206 Å². The number of unbranched alkanes of at least 4 members (excludes halogenated alkanes) is 28. The molecule has 0 spiro atoms. The number of aliphatic hydroxyl groups is 4. The number of hydrogen-bond donors (Lipinski definition) is 5. The second-order valence-corrected chi connectivity index (χ2v) is 14.3. The number of carbonyl (C=O) groups excluding carboxylic acids is 1. The summed E-state index contributed by atoms with van der Waals surface area (Å²) < 4.78 is 0. The SMILES string of the molecule is CCCCCCCCCCCCCCCCCCC(O)C(=O)NC(CO)C(O)C(O)CCCCCCCCCCCCCCCC. The van der Waals surface area contributed by atoms with Crippen molar-refractivity contribution in [2.24, 2.45) is 0 Å². The Balaban J connectivity index is 3.74. The van der Waals surface area contributed by atoms with Gasteiger partial charge in [-0.25, -0.2) is 0 Å². The van der Waals surface area contributed by atoms with Gasteiger partial charge in [-0.2, -0.15) is 0 Å². The Labute approximate surface area is 286 Å². The van der Waals surface area contributed by atoms with Gasteiger partial charge < -0.3 is 25.7 Å². The summed E-state index contributed by atoms with van der Waals surface area (Å²) in [6.07, 6.45) is 35.5. The van der Waals surface area contributed by atoms with E-state index in [9.17, 15) is 25.2 Å². The van der Waals surface area contributed by atoms with Gasteiger partial charge in [0, 0.05) is 0 Å². The van der Waals surface area contributed by atoms with Gasteiger partial charge in [0.1, 0.15) is 12.2 Å². The fourth-order valence-electron chi connectivity index (χ4n) is 6.52. The van der Waals surface area contributed by atoms with Gasteiger partial charge in [0.15, 0.2) is 0 Å². The van der Waals surface area contributed by atoms with Crippen LogP contribution in [0.5, 0.6) is 0 Å². The lowest BCUT2D eigenvalue weighted by molar-refractivity contribution is -0.132. The molecule has 0 heterocycles. The molecule has 6 heteroatoms. The van der Waals surface area contributed by atoms with E-state index in [1.54, 1.807) is 0 Å². The van der Waals surface area contributed by atoms with Gasteiger partial charge in [-0.15, -0.1) is 0 Å². The Bertz CT molecular complexity index is 618. The Morgan fingerprint density at radius 1 is 0.457 bits per heavy atom. The quantitative estimate of drug-likeness (QED) is 0.0428. The molecule has 0 aromatic heterocycles. The van der Waals surface area contributed by atoms with Crippen molar-refractivity contribution >= 4 is 5.91 Å². The highest BCUT2D eigenvalue weighted by atomic mass is 16.3. The van der Waals surface area contributed by atoms with E-state index in [0.717, 1.165) is 38.5 Å². The second-order valence-electron chi connectivity index (χ2n) is 14.3. The number of nitrogens with one attached hydrogen (secondary N) is 1. The maximum atomic E-state index is 12.5. The molecule has 0 aromatic rings. The van der Waals surface area contributed by atoms with E-state index < -0.39 is 36.9 Å². The average molecular weight is 656 g/mol. The standard InChI is InChI=1S/C40H81NO5/c1-3-5-7-9-11-13-15-17-19-20-22-24-26-28-30-32-34-38(44)40(46)41-36(35-42)39(45)37(43)33-31-29-27-25-23-21-18-16-14-12-10-8-6-4-2/h36-39,42-45H,3-35H2,1-2H3,(H,41,46). The molecule has 4 unspecified atom stereocenters. The van der Waals surface area contributed by atoms with Crippen molar-refractivity contribution in [2.75, 3.05) is 6.61 Å². The molecule has 276 valence electrons. The molecular formula is C40H81NO5. The summed E-state index contributed by atoms with van der Waals surface area (Å²) in [6.45, 7) is 4.05. The summed E-state index contributed by atoms with van der Waals surface area (Å²) >= 11 is 0. The lowest BCUT2D eigenvalue weighted by Crippen LogP contribution is -2.53. The van der Waals surface area contributed by atoms with Crippen molar-refractivity contribution in [3.63, 3.8) is 0 Å². The van der Waals surface area contributed by atoms with Crippen LogP contribution in [0.4, 0.5) is 0 Å². The monoisotopic (exact) mass is 656 g/mol. The summed E-state index contributed by atoms with van der Waals surface area (Å²) in [7, 11) is 0. The van der Waals surface area contributed by atoms with Gasteiger partial charge in [-0.3, -0.25) is 4.79 Å². The van der Waals surface area contributed by atoms with Crippen LogP contribution in [0.25, 0.3) is 0 Å². The normalized spacial score (nSPS) is 14.3. The molecule has 5 N–H and O–H groups in total. The summed E-state index contributed by atoms with van der Waals surface area (Å²) in [4.78, 5) is 12.5. The molecule has 0 bridgehead atoms. The minimum absolute atomic E-state index is 0.375. The predicted molar refractivity (Wildman–Crippen MR) is 196 cm³/mol. The van der Waals surface area contributed by atoms with E-state index in [1.807, 2.05) is 0 Å². The van der Waals surface area contributed by atoms with Crippen LogP contribution in [0.3, 0.4) is 0 Å². The minimum atomic E-state index is -1.25. The molecule has 0 aromatic carbocycles. The molecule has 0 aliphatic carbocycles. The molecule has 4 atom stereocenters. The van der Waals surface area contributed by atoms with Gasteiger partial charge in [0.2, 0.25) is 5.91 Å². The van der Waals surface area contributed by atoms with Crippen molar-refractivity contribution < 1.29 is 25.2 Å². The van der Waals surface area contributed by atoms with Crippen LogP contribution >= 0.6 is 0 Å². The Morgan fingerprint density at radius 2 is 0.739 bits per heavy atom. The van der Waals surface area contributed by atoms with Crippen molar-refractivity contribution in [3.8, 4) is 0 Å². The zero-order chi connectivity index (χ0) is 33.9. The lowest BCUT2D eigenvalue weighted by atomic mass is 9.99. The van der Waals surface area contributed by atoms with Crippen LogP contribution < -0.4 is 5.32 Å². The van der Waals surface area contributed by atoms with Gasteiger partial charge >= 0.3 is 0 Å². The molecule has 0 saturated carbocycles. The molecule has 0 aliphatic rings. The number of hydrogen-bond acceptors (Lipinski definition) is 5. The van der Waals surface area contributed by atoms with Crippen molar-refractivity contribution in [1.82, 2.24) is 5.32 Å². The van der Waals surface area contributed by atoms with Crippen LogP contribution in [-0.2, 0) is 4.79 Å². The van der Waals surface area contributed by atoms with E-state index >= 15 is 0 Å². The third kappa shape index (κ3) is 29.4. The molecular weight excluding hydrogens is 574 g/mol. The smallest absolute Gasteiger partial charge is 0.249 e. The molecule has 0 saturated heterocycles. The summed E-state index contributed by atoms with van der Waals surface area (Å²) in [5.41, 5.74) is 0. The third-order valence-corrected chi connectivity index (χ3v) is 9.82. The van der Waals surface area contributed by atoms with Crippen LogP contribution in [-0.4, -0.2) is 57.3 Å². The predicted octanol–water partition coefficient (Wildman–Crippen LogP) is 10.1. The third-order valence-electron chi connectivity index (χ3n) is 9.82. The molecule has 0 radical (unpaired) electrons. The van der Waals surface area contributed by atoms with E-state index in [-0.39, 0.29) is 0 Å². The fourth-order valence-corrected chi connectivity index (χ4v) is 6.52. The number of aliphatic hydroxyl groups excluding tert-OH is 4. The number of rotatable bonds is 37. The van der Waals surface area contributed by atoms with Crippen molar-refractivity contribution in [1.29, 1.82) is 0 Å². The first kappa shape index (κ1) is 45.3. The Morgan fingerprint density at radius 3 is 1.04 bits per heavy atom. The van der Waals surface area contributed by atoms with Gasteiger partial charge in [0.05, 0.1) is 18.8 Å². The van der Waals surface area contributed by atoms with Crippen LogP contribution in [0, 0.1) is 0 Å². The molecule has 0 fully saturated rings. The van der Waals surface area contributed by atoms with E-state index in [2.05, 4.69) is 19.2 Å². The highest BCUT2D eigenvalue weighted by molar-refractivity contribution is 5.80. The molecule has 1 amide bonds. The second kappa shape index (κ2) is 35.6. The van der Waals surface area contributed by atoms with Gasteiger partial charge in [-0.05, 0) is 12.8 Å². The van der Waals surface area contributed by atoms with E-state index in [1.165, 1.54) is 154 Å². The number of carbonyl (C=O) groups is 1. The zero-order valence-corrected chi connectivity index (χ0v) is 30.8. The Hall–Kier alpha value is -0.690. The summed E-state index contributed by atoms with van der Waals surface area (Å²) in [5.74, 6) is -0.581. The molecule has 6 nitrogen and oxygen atoms in total. The first-order chi connectivity index (χ1) is 22.5. The highest BCUT2D eigenvalue weighted by Gasteiger charge is 2.28. The summed E-state index contributed by atoms with van der Waals surface area (Å²) in [6, 6.07) is -0.977. The van der Waals surface area contributed by atoms with Crippen LogP contribution in [0.15, 0.2) is 0 Å².